The Hall–Kier alpha value is -2.25. The molecule has 1 aromatic rings. The number of alkyl halides is 2. The van der Waals surface area contributed by atoms with E-state index in [1.165, 1.54) is 7.05 Å². The molecule has 0 amide bonds. The van der Waals surface area contributed by atoms with Crippen LogP contribution in [-0.2, 0) is 0 Å². The topological polar surface area (TPSA) is 83.7 Å². The normalized spacial score (nSPS) is 10.4. The zero-order chi connectivity index (χ0) is 13.9. The second-order valence-electron chi connectivity index (χ2n) is 3.54. The van der Waals surface area contributed by atoms with Crippen LogP contribution in [-0.4, -0.2) is 36.0 Å². The highest BCUT2D eigenvalue weighted by molar-refractivity contribution is 5.89. The van der Waals surface area contributed by atoms with Gasteiger partial charge in [0.05, 0.1) is 17.0 Å². The van der Waals surface area contributed by atoms with Gasteiger partial charge >= 0.3 is 5.97 Å². The van der Waals surface area contributed by atoms with Gasteiger partial charge in [-0.05, 0) is 12.1 Å². The second kappa shape index (κ2) is 5.39. The lowest BCUT2D eigenvalue weighted by atomic mass is 10.1. The molecule has 0 aliphatic rings. The lowest BCUT2D eigenvalue weighted by Gasteiger charge is -2.18. The Morgan fingerprint density at radius 1 is 1.56 bits per heavy atom. The average Bonchev–Trinajstić information content (AvgIpc) is 2.26. The van der Waals surface area contributed by atoms with E-state index < -0.39 is 29.6 Å². The molecule has 0 aromatic heterocycles. The highest BCUT2D eigenvalue weighted by atomic mass is 19.3. The van der Waals surface area contributed by atoms with Crippen LogP contribution >= 0.6 is 0 Å². The van der Waals surface area contributed by atoms with Crippen molar-refractivity contribution < 1.29 is 23.6 Å². The number of anilines is 1. The van der Waals surface area contributed by atoms with Crippen LogP contribution in [0, 0.1) is 10.1 Å². The fourth-order valence-electron chi connectivity index (χ4n) is 1.43. The van der Waals surface area contributed by atoms with E-state index in [0.29, 0.717) is 0 Å². The summed E-state index contributed by atoms with van der Waals surface area (Å²) >= 11 is 0. The number of hydrogen-bond acceptors (Lipinski definition) is 4. The van der Waals surface area contributed by atoms with Crippen LogP contribution in [0.5, 0.6) is 0 Å². The van der Waals surface area contributed by atoms with Crippen LogP contribution in [0.2, 0.25) is 0 Å². The van der Waals surface area contributed by atoms with Gasteiger partial charge in [-0.1, -0.05) is 0 Å². The Balaban J connectivity index is 3.19. The van der Waals surface area contributed by atoms with Crippen molar-refractivity contribution in [3.63, 3.8) is 0 Å². The summed E-state index contributed by atoms with van der Waals surface area (Å²) in [6.07, 6.45) is -2.64. The summed E-state index contributed by atoms with van der Waals surface area (Å²) in [6.45, 7) is -0.673. The molecule has 6 nitrogen and oxygen atoms in total. The third-order valence-corrected chi connectivity index (χ3v) is 2.24. The summed E-state index contributed by atoms with van der Waals surface area (Å²) < 4.78 is 24.4. The third kappa shape index (κ3) is 3.12. The molecule has 0 aliphatic heterocycles. The van der Waals surface area contributed by atoms with E-state index in [0.717, 1.165) is 23.1 Å². The monoisotopic (exact) mass is 260 g/mol. The summed E-state index contributed by atoms with van der Waals surface area (Å²) in [6, 6.07) is 3.12. The van der Waals surface area contributed by atoms with Crippen molar-refractivity contribution in [1.29, 1.82) is 0 Å². The van der Waals surface area contributed by atoms with Crippen LogP contribution in [0.25, 0.3) is 0 Å². The molecule has 18 heavy (non-hydrogen) atoms. The summed E-state index contributed by atoms with van der Waals surface area (Å²) in [5.74, 6) is -1.32. The maximum Gasteiger partial charge on any atom is 0.335 e. The van der Waals surface area contributed by atoms with Crippen molar-refractivity contribution in [2.75, 3.05) is 18.5 Å². The van der Waals surface area contributed by atoms with Crippen LogP contribution < -0.4 is 4.90 Å². The van der Waals surface area contributed by atoms with Gasteiger partial charge < -0.3 is 10.0 Å². The second-order valence-corrected chi connectivity index (χ2v) is 3.54. The molecule has 1 rings (SSSR count). The minimum absolute atomic E-state index is 0.0506. The molecule has 0 radical (unpaired) electrons. The van der Waals surface area contributed by atoms with Crippen molar-refractivity contribution in [1.82, 2.24) is 0 Å². The minimum atomic E-state index is -2.64. The first kappa shape index (κ1) is 13.8. The Kier molecular flexibility index (Phi) is 4.13. The molecule has 0 saturated carbocycles. The van der Waals surface area contributed by atoms with Gasteiger partial charge in [-0.2, -0.15) is 0 Å². The van der Waals surface area contributed by atoms with Gasteiger partial charge in [0.25, 0.3) is 12.1 Å². The first-order valence-corrected chi connectivity index (χ1v) is 4.84. The fourth-order valence-corrected chi connectivity index (χ4v) is 1.43. The van der Waals surface area contributed by atoms with Gasteiger partial charge in [0.1, 0.15) is 5.69 Å². The number of hydrogen-bond donors (Lipinski definition) is 1. The summed E-state index contributed by atoms with van der Waals surface area (Å²) in [5, 5.41) is 19.5. The molecule has 98 valence electrons. The van der Waals surface area contributed by atoms with Crippen molar-refractivity contribution in [2.24, 2.45) is 0 Å². The van der Waals surface area contributed by atoms with E-state index in [-0.39, 0.29) is 11.3 Å². The fraction of sp³-hybridized carbons (Fsp3) is 0.300. The zero-order valence-corrected chi connectivity index (χ0v) is 9.34. The van der Waals surface area contributed by atoms with Gasteiger partial charge in [0, 0.05) is 13.1 Å². The predicted octanol–water partition coefficient (Wildman–Crippen LogP) is 1.99. The number of carbonyl (C=O) groups is 1. The highest BCUT2D eigenvalue weighted by Gasteiger charge is 2.21. The van der Waals surface area contributed by atoms with E-state index in [1.807, 2.05) is 0 Å². The van der Waals surface area contributed by atoms with Crippen LogP contribution in [0.15, 0.2) is 18.2 Å². The number of carboxylic acids is 1. The molecule has 0 atom stereocenters. The number of nitro groups is 1. The molecule has 0 aliphatic carbocycles. The Morgan fingerprint density at radius 3 is 2.61 bits per heavy atom. The van der Waals surface area contributed by atoms with Gasteiger partial charge in [0.2, 0.25) is 0 Å². The number of nitro benzene ring substituents is 1. The number of halogens is 2. The molecule has 8 heteroatoms. The number of aromatic carboxylic acids is 1. The molecule has 0 unspecified atom stereocenters. The van der Waals surface area contributed by atoms with Crippen molar-refractivity contribution >= 4 is 17.3 Å². The Bertz CT molecular complexity index is 479. The van der Waals surface area contributed by atoms with Crippen molar-refractivity contribution in [2.45, 2.75) is 6.43 Å². The first-order valence-electron chi connectivity index (χ1n) is 4.84. The minimum Gasteiger partial charge on any atom is -0.478 e. The van der Waals surface area contributed by atoms with Crippen LogP contribution in [0.1, 0.15) is 10.4 Å². The standard InChI is InChI=1S/C10H10F2N2O4/c1-13(5-9(11)12)7-3-2-6(10(15)16)4-8(7)14(17)18/h2-4,9H,5H2,1H3,(H,15,16). The number of carboxylic acid groups (broad SMARTS) is 1. The molecule has 1 N–H and O–H groups in total. The Morgan fingerprint density at radius 2 is 2.17 bits per heavy atom. The highest BCUT2D eigenvalue weighted by Crippen LogP contribution is 2.28. The van der Waals surface area contributed by atoms with E-state index >= 15 is 0 Å². The first-order chi connectivity index (χ1) is 8.32. The number of benzene rings is 1. The quantitative estimate of drug-likeness (QED) is 0.646. The lowest BCUT2D eigenvalue weighted by molar-refractivity contribution is -0.384. The average molecular weight is 260 g/mol. The zero-order valence-electron chi connectivity index (χ0n) is 9.34. The van der Waals surface area contributed by atoms with Crippen molar-refractivity contribution in [3.05, 3.63) is 33.9 Å². The molecule has 0 bridgehead atoms. The van der Waals surface area contributed by atoms with E-state index in [4.69, 9.17) is 5.11 Å². The molecule has 0 saturated heterocycles. The maximum atomic E-state index is 12.2. The largest absolute Gasteiger partial charge is 0.478 e. The predicted molar refractivity (Wildman–Crippen MR) is 59.3 cm³/mol. The molecule has 0 fully saturated rings. The van der Waals surface area contributed by atoms with E-state index in [2.05, 4.69) is 0 Å². The van der Waals surface area contributed by atoms with Gasteiger partial charge in [-0.3, -0.25) is 10.1 Å². The van der Waals surface area contributed by atoms with E-state index in [1.54, 1.807) is 0 Å². The Labute approximate surface area is 101 Å². The molecule has 0 spiro atoms. The van der Waals surface area contributed by atoms with E-state index in [9.17, 15) is 23.7 Å². The summed E-state index contributed by atoms with van der Waals surface area (Å²) in [5.41, 5.74) is -0.834. The molecular weight excluding hydrogens is 250 g/mol. The number of rotatable bonds is 5. The lowest BCUT2D eigenvalue weighted by Crippen LogP contribution is -2.24. The maximum absolute atomic E-state index is 12.2. The summed E-state index contributed by atoms with van der Waals surface area (Å²) in [4.78, 5) is 21.7. The molecule has 1 aromatic carbocycles. The third-order valence-electron chi connectivity index (χ3n) is 2.24. The van der Waals surface area contributed by atoms with Gasteiger partial charge in [-0.25, -0.2) is 13.6 Å². The van der Waals surface area contributed by atoms with Crippen molar-refractivity contribution in [3.8, 4) is 0 Å². The molecule has 0 heterocycles. The van der Waals surface area contributed by atoms with Gasteiger partial charge in [-0.15, -0.1) is 0 Å². The van der Waals surface area contributed by atoms with Gasteiger partial charge in [0.15, 0.2) is 0 Å². The molecular formula is C10H10F2N2O4. The number of nitrogens with zero attached hydrogens (tertiary/aromatic N) is 2. The van der Waals surface area contributed by atoms with Crippen LogP contribution in [0.3, 0.4) is 0 Å². The summed E-state index contributed by atoms with van der Waals surface area (Å²) in [7, 11) is 1.27. The van der Waals surface area contributed by atoms with Crippen LogP contribution in [0.4, 0.5) is 20.2 Å². The smallest absolute Gasteiger partial charge is 0.335 e. The SMILES string of the molecule is CN(CC(F)F)c1ccc(C(=O)O)cc1[N+](=O)[O-].